The van der Waals surface area contributed by atoms with Gasteiger partial charge in [-0.15, -0.1) is 0 Å². The molecule has 0 spiro atoms. The largest absolute Gasteiger partial charge is 0.465 e. The lowest BCUT2D eigenvalue weighted by atomic mass is 10.0. The minimum absolute atomic E-state index is 0.108. The summed E-state index contributed by atoms with van der Waals surface area (Å²) in [5.74, 6) is 2.35. The molecule has 0 aliphatic rings. The van der Waals surface area contributed by atoms with Crippen LogP contribution in [0.2, 0.25) is 0 Å². The monoisotopic (exact) mass is 500 g/mol. The van der Waals surface area contributed by atoms with Gasteiger partial charge in [-0.3, -0.25) is 4.79 Å². The zero-order valence-corrected chi connectivity index (χ0v) is 22.4. The van der Waals surface area contributed by atoms with Gasteiger partial charge >= 0.3 is 5.97 Å². The first-order chi connectivity index (χ1) is 18.1. The van der Waals surface area contributed by atoms with E-state index in [1.807, 2.05) is 54.3 Å². The summed E-state index contributed by atoms with van der Waals surface area (Å²) in [7, 11) is 0. The van der Waals surface area contributed by atoms with Crippen molar-refractivity contribution in [2.45, 2.75) is 66.0 Å². The Morgan fingerprint density at radius 2 is 1.59 bits per heavy atom. The average Bonchev–Trinajstić information content (AvgIpc) is 3.57. The van der Waals surface area contributed by atoms with Crippen LogP contribution in [-0.2, 0) is 22.6 Å². The topological polar surface area (TPSA) is 61.9 Å². The van der Waals surface area contributed by atoms with Crippen molar-refractivity contribution in [3.63, 3.8) is 0 Å². The molecule has 0 aliphatic carbocycles. The first-order valence-electron chi connectivity index (χ1n) is 13.3. The maximum Gasteiger partial charge on any atom is 0.307 e. The van der Waals surface area contributed by atoms with Crippen LogP contribution in [-0.4, -0.2) is 31.7 Å². The van der Waals surface area contributed by atoms with E-state index >= 15 is 0 Å². The van der Waals surface area contributed by atoms with Gasteiger partial charge in [-0.2, -0.15) is 0 Å². The van der Waals surface area contributed by atoms with Crippen molar-refractivity contribution in [1.82, 2.24) is 19.1 Å². The average molecular weight is 501 g/mol. The molecule has 2 aromatic heterocycles. The lowest BCUT2D eigenvalue weighted by molar-refractivity contribution is -0.145. The third-order valence-corrected chi connectivity index (χ3v) is 6.45. The van der Waals surface area contributed by atoms with Crippen molar-refractivity contribution in [1.29, 1.82) is 0 Å². The third-order valence-electron chi connectivity index (χ3n) is 6.45. The Hall–Kier alpha value is -3.67. The van der Waals surface area contributed by atoms with Crippen LogP contribution in [0, 0.1) is 12.8 Å². The summed E-state index contributed by atoms with van der Waals surface area (Å²) >= 11 is 0. The van der Waals surface area contributed by atoms with E-state index in [9.17, 15) is 4.79 Å². The van der Waals surface area contributed by atoms with Crippen LogP contribution in [0.4, 0.5) is 0 Å². The highest BCUT2D eigenvalue weighted by atomic mass is 16.5. The second-order valence-electron chi connectivity index (χ2n) is 9.25. The minimum atomic E-state index is -0.108. The molecule has 6 nitrogen and oxygen atoms in total. The Balaban J connectivity index is 0.000000206. The van der Waals surface area contributed by atoms with Crippen LogP contribution in [0.15, 0.2) is 85.5 Å². The molecule has 2 heterocycles. The third kappa shape index (κ3) is 9.37. The molecular formula is C31H40N4O2. The van der Waals surface area contributed by atoms with Crippen LogP contribution in [0.25, 0.3) is 11.4 Å². The van der Waals surface area contributed by atoms with E-state index < -0.39 is 0 Å². The van der Waals surface area contributed by atoms with Gasteiger partial charge in [-0.25, -0.2) is 9.97 Å². The van der Waals surface area contributed by atoms with Crippen LogP contribution in [0.3, 0.4) is 0 Å². The minimum Gasteiger partial charge on any atom is -0.465 e. The zero-order valence-electron chi connectivity index (χ0n) is 22.4. The fraction of sp³-hybridized carbons (Fsp3) is 0.387. The molecule has 0 saturated heterocycles. The predicted molar refractivity (Wildman–Crippen MR) is 149 cm³/mol. The van der Waals surface area contributed by atoms with Crippen molar-refractivity contribution >= 4 is 5.97 Å². The summed E-state index contributed by atoms with van der Waals surface area (Å²) in [5.41, 5.74) is 2.44. The van der Waals surface area contributed by atoms with E-state index in [2.05, 4.69) is 64.8 Å². The first-order valence-corrected chi connectivity index (χ1v) is 13.3. The Kier molecular flexibility index (Phi) is 11.6. The van der Waals surface area contributed by atoms with E-state index in [1.165, 1.54) is 18.4 Å². The molecule has 37 heavy (non-hydrogen) atoms. The van der Waals surface area contributed by atoms with Crippen molar-refractivity contribution in [3.05, 3.63) is 96.8 Å². The quantitative estimate of drug-likeness (QED) is 0.198. The van der Waals surface area contributed by atoms with E-state index in [1.54, 1.807) is 6.20 Å². The van der Waals surface area contributed by atoms with Crippen molar-refractivity contribution in [2.75, 3.05) is 6.61 Å². The molecule has 1 atom stereocenters. The number of benzene rings is 2. The number of carbonyl (C=O) groups is 1. The molecule has 0 radical (unpaired) electrons. The summed E-state index contributed by atoms with van der Waals surface area (Å²) in [6.45, 7) is 8.35. The van der Waals surface area contributed by atoms with Crippen molar-refractivity contribution < 1.29 is 9.53 Å². The van der Waals surface area contributed by atoms with Gasteiger partial charge in [0.25, 0.3) is 0 Å². The van der Waals surface area contributed by atoms with Gasteiger partial charge in [0.05, 0.1) is 13.0 Å². The number of carbonyl (C=O) groups excluding carboxylic acids is 1. The van der Waals surface area contributed by atoms with Crippen LogP contribution >= 0.6 is 0 Å². The van der Waals surface area contributed by atoms with Gasteiger partial charge in [0.1, 0.15) is 11.6 Å². The summed E-state index contributed by atoms with van der Waals surface area (Å²) in [4.78, 5) is 20.3. The Labute approximate surface area is 221 Å². The summed E-state index contributed by atoms with van der Waals surface area (Å²) in [5, 5.41) is 0. The number of aromatic nitrogens is 4. The Bertz CT molecular complexity index is 1170. The van der Waals surface area contributed by atoms with Gasteiger partial charge in [0.15, 0.2) is 0 Å². The molecule has 0 fully saturated rings. The molecule has 2 aromatic carbocycles. The van der Waals surface area contributed by atoms with Gasteiger partial charge in [0.2, 0.25) is 0 Å². The van der Waals surface area contributed by atoms with E-state index in [0.29, 0.717) is 25.5 Å². The number of esters is 1. The lowest BCUT2D eigenvalue weighted by Crippen LogP contribution is -2.15. The molecule has 0 amide bonds. The van der Waals surface area contributed by atoms with E-state index in [0.717, 1.165) is 36.6 Å². The molecule has 1 unspecified atom stereocenters. The second kappa shape index (κ2) is 15.4. The van der Waals surface area contributed by atoms with Crippen LogP contribution in [0.5, 0.6) is 0 Å². The smallest absolute Gasteiger partial charge is 0.307 e. The lowest BCUT2D eigenvalue weighted by Gasteiger charge is -2.14. The molecule has 196 valence electrons. The summed E-state index contributed by atoms with van der Waals surface area (Å²) in [6, 6.07) is 20.7. The summed E-state index contributed by atoms with van der Waals surface area (Å²) < 4.78 is 9.50. The fourth-order valence-corrected chi connectivity index (χ4v) is 4.10. The van der Waals surface area contributed by atoms with Gasteiger partial charge in [-0.1, -0.05) is 93.8 Å². The standard InChI is InChI=1S/C16H14N2.C15H26N2O2/c1-3-7-14(8-4-1)13-18-12-11-17-16(18)15-9-5-2-6-10-15;1-4-6-7-14(5-2)12-19-15(18)8-10-17-11-9-16-13(17)3/h1-12H,13H2;9,11,14H,4-8,10,12H2,1-3H3. The molecule has 4 rings (SSSR count). The predicted octanol–water partition coefficient (Wildman–Crippen LogP) is 6.94. The number of rotatable bonds is 12. The normalized spacial score (nSPS) is 11.4. The maximum atomic E-state index is 11.7. The molecule has 0 bridgehead atoms. The first kappa shape index (κ1) is 27.9. The number of hydrogen-bond donors (Lipinski definition) is 0. The molecule has 0 aliphatic heterocycles. The highest BCUT2D eigenvalue weighted by Crippen LogP contribution is 2.18. The fourth-order valence-electron chi connectivity index (χ4n) is 4.10. The van der Waals surface area contributed by atoms with Gasteiger partial charge in [0, 0.05) is 43.4 Å². The van der Waals surface area contributed by atoms with Crippen LogP contribution in [0.1, 0.15) is 57.3 Å². The molecule has 0 N–H and O–H groups in total. The number of hydrogen-bond acceptors (Lipinski definition) is 4. The molecular weight excluding hydrogens is 460 g/mol. The number of aryl methyl sites for hydroxylation is 2. The van der Waals surface area contributed by atoms with E-state index in [4.69, 9.17) is 4.74 Å². The second-order valence-corrected chi connectivity index (χ2v) is 9.25. The number of nitrogens with zero attached hydrogens (tertiary/aromatic N) is 4. The Morgan fingerprint density at radius 1 is 0.919 bits per heavy atom. The highest BCUT2D eigenvalue weighted by molar-refractivity contribution is 5.69. The number of imidazole rings is 2. The van der Waals surface area contributed by atoms with Crippen molar-refractivity contribution in [2.24, 2.45) is 5.92 Å². The van der Waals surface area contributed by atoms with E-state index in [-0.39, 0.29) is 5.97 Å². The molecule has 0 saturated carbocycles. The zero-order chi connectivity index (χ0) is 26.3. The van der Waals surface area contributed by atoms with Gasteiger partial charge in [-0.05, 0) is 24.8 Å². The molecule has 6 heteroatoms. The number of ether oxygens (including phenoxy) is 1. The maximum absolute atomic E-state index is 11.7. The number of unbranched alkanes of at least 4 members (excludes halogenated alkanes) is 1. The Morgan fingerprint density at radius 3 is 2.24 bits per heavy atom. The summed E-state index contributed by atoms with van der Waals surface area (Å²) in [6.07, 6.45) is 12.6. The van der Waals surface area contributed by atoms with Crippen molar-refractivity contribution in [3.8, 4) is 11.4 Å². The highest BCUT2D eigenvalue weighted by Gasteiger charge is 2.10. The van der Waals surface area contributed by atoms with Gasteiger partial charge < -0.3 is 13.9 Å². The molecule has 4 aromatic rings. The van der Waals surface area contributed by atoms with Crippen LogP contribution < -0.4 is 0 Å². The SMILES string of the molecule is CCCCC(CC)COC(=O)CCn1ccnc1C.c1ccc(Cn2ccnc2-c2ccccc2)cc1.